The van der Waals surface area contributed by atoms with Crippen LogP contribution in [0.2, 0.25) is 0 Å². The molecule has 0 aliphatic carbocycles. The van der Waals surface area contributed by atoms with Gasteiger partial charge in [0.1, 0.15) is 0 Å². The SMILES string of the molecule is CC1=CCN(CC(C)(C)C2CCCNC2)CC1. The van der Waals surface area contributed by atoms with Crippen LogP contribution >= 0.6 is 0 Å². The van der Waals surface area contributed by atoms with Crippen LogP contribution in [0.25, 0.3) is 0 Å². The maximum Gasteiger partial charge on any atom is 0.0166 e. The molecule has 0 saturated carbocycles. The average Bonchev–Trinajstić information content (AvgIpc) is 2.33. The predicted molar refractivity (Wildman–Crippen MR) is 74.2 cm³/mol. The lowest BCUT2D eigenvalue weighted by molar-refractivity contribution is 0.105. The average molecular weight is 236 g/mol. The molecule has 0 aromatic carbocycles. The third-order valence-corrected chi connectivity index (χ3v) is 4.55. The van der Waals surface area contributed by atoms with Crippen LogP contribution in [0.3, 0.4) is 0 Å². The van der Waals surface area contributed by atoms with Crippen LogP contribution in [0.5, 0.6) is 0 Å². The monoisotopic (exact) mass is 236 g/mol. The molecule has 0 amide bonds. The molecule has 98 valence electrons. The number of hydrogen-bond donors (Lipinski definition) is 1. The predicted octanol–water partition coefficient (Wildman–Crippen LogP) is 2.66. The molecule has 1 fully saturated rings. The molecule has 0 aromatic rings. The van der Waals surface area contributed by atoms with Crippen molar-refractivity contribution in [2.75, 3.05) is 32.7 Å². The fraction of sp³-hybridized carbons (Fsp3) is 0.867. The summed E-state index contributed by atoms with van der Waals surface area (Å²) < 4.78 is 0. The van der Waals surface area contributed by atoms with Crippen molar-refractivity contribution in [1.29, 1.82) is 0 Å². The minimum Gasteiger partial charge on any atom is -0.316 e. The summed E-state index contributed by atoms with van der Waals surface area (Å²) in [4.78, 5) is 2.63. The number of nitrogens with zero attached hydrogens (tertiary/aromatic N) is 1. The first-order valence-electron chi connectivity index (χ1n) is 7.16. The van der Waals surface area contributed by atoms with E-state index in [0.29, 0.717) is 5.41 Å². The van der Waals surface area contributed by atoms with E-state index in [1.807, 2.05) is 0 Å². The van der Waals surface area contributed by atoms with Gasteiger partial charge in [-0.05, 0) is 50.6 Å². The van der Waals surface area contributed by atoms with E-state index in [9.17, 15) is 0 Å². The molecule has 1 atom stereocenters. The molecule has 0 spiro atoms. The van der Waals surface area contributed by atoms with E-state index in [-0.39, 0.29) is 0 Å². The summed E-state index contributed by atoms with van der Waals surface area (Å²) in [5, 5.41) is 3.55. The summed E-state index contributed by atoms with van der Waals surface area (Å²) in [5.74, 6) is 0.850. The summed E-state index contributed by atoms with van der Waals surface area (Å²) >= 11 is 0. The molecule has 2 heteroatoms. The van der Waals surface area contributed by atoms with Gasteiger partial charge < -0.3 is 5.32 Å². The minimum atomic E-state index is 0.451. The molecule has 0 aromatic heterocycles. The molecule has 1 unspecified atom stereocenters. The highest BCUT2D eigenvalue weighted by molar-refractivity contribution is 5.04. The molecule has 2 rings (SSSR count). The van der Waals surface area contributed by atoms with Crippen LogP contribution in [0.4, 0.5) is 0 Å². The fourth-order valence-electron chi connectivity index (χ4n) is 3.18. The molecule has 0 radical (unpaired) electrons. The highest BCUT2D eigenvalue weighted by atomic mass is 15.1. The second-order valence-corrected chi connectivity index (χ2v) is 6.57. The summed E-state index contributed by atoms with van der Waals surface area (Å²) in [7, 11) is 0. The first kappa shape index (κ1) is 13.1. The highest BCUT2D eigenvalue weighted by Crippen LogP contribution is 2.33. The molecule has 1 saturated heterocycles. The van der Waals surface area contributed by atoms with Crippen molar-refractivity contribution < 1.29 is 0 Å². The van der Waals surface area contributed by atoms with Crippen molar-refractivity contribution in [1.82, 2.24) is 10.2 Å². The largest absolute Gasteiger partial charge is 0.316 e. The first-order valence-corrected chi connectivity index (χ1v) is 7.16. The Bertz CT molecular complexity index is 275. The first-order chi connectivity index (χ1) is 8.08. The Hall–Kier alpha value is -0.340. The van der Waals surface area contributed by atoms with E-state index in [1.54, 1.807) is 5.57 Å². The van der Waals surface area contributed by atoms with Crippen molar-refractivity contribution in [3.8, 4) is 0 Å². The van der Waals surface area contributed by atoms with E-state index >= 15 is 0 Å². The molecule has 2 aliphatic rings. The normalized spacial score (nSPS) is 27.9. The third-order valence-electron chi connectivity index (χ3n) is 4.55. The smallest absolute Gasteiger partial charge is 0.0166 e. The van der Waals surface area contributed by atoms with Crippen molar-refractivity contribution in [2.24, 2.45) is 11.3 Å². The second kappa shape index (κ2) is 5.53. The van der Waals surface area contributed by atoms with Crippen LogP contribution < -0.4 is 5.32 Å². The van der Waals surface area contributed by atoms with Crippen LogP contribution in [0.15, 0.2) is 11.6 Å². The highest BCUT2D eigenvalue weighted by Gasteiger charge is 2.32. The summed E-state index contributed by atoms with van der Waals surface area (Å²) in [6, 6.07) is 0. The van der Waals surface area contributed by atoms with E-state index in [2.05, 4.69) is 37.1 Å². The van der Waals surface area contributed by atoms with Crippen molar-refractivity contribution in [3.63, 3.8) is 0 Å². The van der Waals surface area contributed by atoms with E-state index in [0.717, 1.165) is 12.5 Å². The van der Waals surface area contributed by atoms with Gasteiger partial charge in [0.25, 0.3) is 0 Å². The topological polar surface area (TPSA) is 15.3 Å². The van der Waals surface area contributed by atoms with Crippen LogP contribution in [-0.4, -0.2) is 37.6 Å². The number of rotatable bonds is 3. The Morgan fingerprint density at radius 1 is 1.47 bits per heavy atom. The zero-order valence-electron chi connectivity index (χ0n) is 11.8. The Balaban J connectivity index is 1.87. The van der Waals surface area contributed by atoms with Crippen molar-refractivity contribution in [3.05, 3.63) is 11.6 Å². The zero-order chi connectivity index (χ0) is 12.3. The molecular weight excluding hydrogens is 208 g/mol. The number of hydrogen-bond acceptors (Lipinski definition) is 2. The van der Waals surface area contributed by atoms with E-state index in [1.165, 1.54) is 45.4 Å². The number of piperidine rings is 1. The van der Waals surface area contributed by atoms with Crippen LogP contribution in [0.1, 0.15) is 40.0 Å². The van der Waals surface area contributed by atoms with Gasteiger partial charge in [-0.2, -0.15) is 0 Å². The minimum absolute atomic E-state index is 0.451. The molecule has 17 heavy (non-hydrogen) atoms. The Labute approximate surface area is 106 Å². The molecular formula is C15H28N2. The van der Waals surface area contributed by atoms with Gasteiger partial charge in [-0.15, -0.1) is 0 Å². The summed E-state index contributed by atoms with van der Waals surface area (Å²) in [5.41, 5.74) is 2.02. The summed E-state index contributed by atoms with van der Waals surface area (Å²) in [6.07, 6.45) is 6.42. The van der Waals surface area contributed by atoms with Gasteiger partial charge >= 0.3 is 0 Å². The number of nitrogens with one attached hydrogen (secondary N) is 1. The standard InChI is InChI=1S/C15H28N2/c1-13-6-9-17(10-7-13)12-15(2,3)14-5-4-8-16-11-14/h6,14,16H,4-5,7-12H2,1-3H3. The lowest BCUT2D eigenvalue weighted by Gasteiger charge is -2.41. The maximum absolute atomic E-state index is 3.55. The summed E-state index contributed by atoms with van der Waals surface area (Å²) in [6.45, 7) is 13.3. The quantitative estimate of drug-likeness (QED) is 0.758. The van der Waals surface area contributed by atoms with Crippen molar-refractivity contribution in [2.45, 2.75) is 40.0 Å². The zero-order valence-corrected chi connectivity index (χ0v) is 11.8. The van der Waals surface area contributed by atoms with Crippen LogP contribution in [-0.2, 0) is 0 Å². The van der Waals surface area contributed by atoms with Gasteiger partial charge in [-0.1, -0.05) is 25.5 Å². The lowest BCUT2D eigenvalue weighted by atomic mass is 9.74. The van der Waals surface area contributed by atoms with Gasteiger partial charge in [-0.25, -0.2) is 0 Å². The molecule has 2 aliphatic heterocycles. The Morgan fingerprint density at radius 3 is 2.88 bits per heavy atom. The van der Waals surface area contributed by atoms with Crippen LogP contribution in [0, 0.1) is 11.3 Å². The molecule has 0 bridgehead atoms. The van der Waals surface area contributed by atoms with Gasteiger partial charge in [0, 0.05) is 19.6 Å². The van der Waals surface area contributed by atoms with Gasteiger partial charge in [0.2, 0.25) is 0 Å². The Kier molecular flexibility index (Phi) is 4.26. The third kappa shape index (κ3) is 3.56. The maximum atomic E-state index is 3.55. The van der Waals surface area contributed by atoms with Gasteiger partial charge in [0.15, 0.2) is 0 Å². The second-order valence-electron chi connectivity index (χ2n) is 6.57. The molecule has 1 N–H and O–H groups in total. The van der Waals surface area contributed by atoms with Gasteiger partial charge in [-0.3, -0.25) is 4.90 Å². The van der Waals surface area contributed by atoms with Gasteiger partial charge in [0.05, 0.1) is 0 Å². The fourth-order valence-corrected chi connectivity index (χ4v) is 3.18. The van der Waals surface area contributed by atoms with E-state index in [4.69, 9.17) is 0 Å². The lowest BCUT2D eigenvalue weighted by Crippen LogP contribution is -2.45. The molecule has 2 heterocycles. The molecule has 2 nitrogen and oxygen atoms in total. The Morgan fingerprint density at radius 2 is 2.29 bits per heavy atom. The van der Waals surface area contributed by atoms with Crippen molar-refractivity contribution >= 4 is 0 Å². The van der Waals surface area contributed by atoms with E-state index < -0.39 is 0 Å².